The number of rotatable bonds is 7. The van der Waals surface area contributed by atoms with Crippen LogP contribution in [0.15, 0.2) is 12.1 Å². The Morgan fingerprint density at radius 3 is 2.56 bits per heavy atom. The van der Waals surface area contributed by atoms with Gasteiger partial charge in [-0.25, -0.2) is 14.8 Å². The van der Waals surface area contributed by atoms with Crippen molar-refractivity contribution < 1.29 is 14.3 Å². The quantitative estimate of drug-likeness (QED) is 0.309. The van der Waals surface area contributed by atoms with Crippen molar-refractivity contribution in [1.82, 2.24) is 19.4 Å². The standard InChI is InChI=1S/C32H47N5O3S/c1-8-9-10-25-34-26-27(37(25)20-21-13-17-39-18-14-21)28-23(33-29(26)35-31(2,3)4)19-24(41-28)22-11-15-36(16-12-22)30(38)40-32(5,6)7/h11,19,21H,8-10,12-18,20H2,1-7H3,(H,33,35). The van der Waals surface area contributed by atoms with Crippen LogP contribution >= 0.6 is 11.3 Å². The maximum absolute atomic E-state index is 12.6. The van der Waals surface area contributed by atoms with E-state index >= 15 is 0 Å². The molecule has 2 aliphatic heterocycles. The molecule has 1 fully saturated rings. The van der Waals surface area contributed by atoms with Crippen LogP contribution in [0.4, 0.5) is 10.6 Å². The highest BCUT2D eigenvalue weighted by Crippen LogP contribution is 2.40. The third-order valence-corrected chi connectivity index (χ3v) is 8.84. The lowest BCUT2D eigenvalue weighted by Gasteiger charge is -2.29. The largest absolute Gasteiger partial charge is 0.444 e. The zero-order chi connectivity index (χ0) is 29.4. The molecule has 1 saturated heterocycles. The average Bonchev–Trinajstić information content (AvgIpc) is 3.48. The number of imidazole rings is 1. The van der Waals surface area contributed by atoms with E-state index in [4.69, 9.17) is 19.4 Å². The third kappa shape index (κ3) is 7.05. The topological polar surface area (TPSA) is 81.5 Å². The van der Waals surface area contributed by atoms with E-state index < -0.39 is 5.60 Å². The highest BCUT2D eigenvalue weighted by molar-refractivity contribution is 7.21. The zero-order valence-electron chi connectivity index (χ0n) is 25.9. The fourth-order valence-electron chi connectivity index (χ4n) is 5.60. The van der Waals surface area contributed by atoms with Crippen molar-refractivity contribution in [1.29, 1.82) is 0 Å². The highest BCUT2D eigenvalue weighted by atomic mass is 32.1. The van der Waals surface area contributed by atoms with E-state index in [2.05, 4.69) is 49.7 Å². The van der Waals surface area contributed by atoms with Crippen LogP contribution in [0, 0.1) is 5.92 Å². The second-order valence-electron chi connectivity index (χ2n) is 13.6. The lowest BCUT2D eigenvalue weighted by molar-refractivity contribution is 0.0270. The number of aromatic nitrogens is 3. The van der Waals surface area contributed by atoms with Crippen LogP contribution in [0.25, 0.3) is 26.8 Å². The molecule has 3 aromatic rings. The summed E-state index contributed by atoms with van der Waals surface area (Å²) < 4.78 is 15.0. The molecule has 8 nitrogen and oxygen atoms in total. The molecule has 0 aromatic carbocycles. The Bertz CT molecular complexity index is 1420. The summed E-state index contributed by atoms with van der Waals surface area (Å²) in [5.74, 6) is 2.61. The Morgan fingerprint density at radius 2 is 1.93 bits per heavy atom. The third-order valence-electron chi connectivity index (χ3n) is 7.64. The van der Waals surface area contributed by atoms with Gasteiger partial charge in [-0.05, 0) is 84.8 Å². The van der Waals surface area contributed by atoms with Gasteiger partial charge in [-0.3, -0.25) is 0 Å². The van der Waals surface area contributed by atoms with Crippen LogP contribution in [0.1, 0.15) is 91.3 Å². The van der Waals surface area contributed by atoms with Gasteiger partial charge in [-0.2, -0.15) is 0 Å². The molecule has 0 atom stereocenters. The number of unbranched alkanes of at least 4 members (excludes halogenated alkanes) is 1. The number of nitrogens with one attached hydrogen (secondary N) is 1. The first kappa shape index (κ1) is 29.8. The fourth-order valence-corrected chi connectivity index (χ4v) is 6.82. The van der Waals surface area contributed by atoms with Crippen LogP contribution < -0.4 is 5.32 Å². The number of amides is 1. The minimum Gasteiger partial charge on any atom is -0.444 e. The summed E-state index contributed by atoms with van der Waals surface area (Å²) >= 11 is 1.81. The van der Waals surface area contributed by atoms with Gasteiger partial charge in [-0.15, -0.1) is 11.3 Å². The highest BCUT2D eigenvalue weighted by Gasteiger charge is 2.27. The van der Waals surface area contributed by atoms with Gasteiger partial charge in [0.2, 0.25) is 0 Å². The predicted octanol–water partition coefficient (Wildman–Crippen LogP) is 7.65. The smallest absolute Gasteiger partial charge is 0.410 e. The zero-order valence-corrected chi connectivity index (χ0v) is 26.7. The predicted molar refractivity (Wildman–Crippen MR) is 169 cm³/mol. The first-order chi connectivity index (χ1) is 19.4. The molecule has 224 valence electrons. The van der Waals surface area contributed by atoms with Crippen LogP contribution in [-0.4, -0.2) is 63.0 Å². The number of nitrogens with zero attached hydrogens (tertiary/aromatic N) is 4. The molecule has 1 N–H and O–H groups in total. The van der Waals surface area contributed by atoms with Crippen LogP contribution in [0.2, 0.25) is 0 Å². The van der Waals surface area contributed by atoms with E-state index in [0.29, 0.717) is 19.0 Å². The molecule has 5 rings (SSSR count). The van der Waals surface area contributed by atoms with Crippen molar-refractivity contribution in [2.75, 3.05) is 31.6 Å². The fraction of sp³-hybridized carbons (Fsp3) is 0.656. The first-order valence-electron chi connectivity index (χ1n) is 15.3. The number of hydrogen-bond acceptors (Lipinski definition) is 7. The average molecular weight is 582 g/mol. The number of hydrogen-bond donors (Lipinski definition) is 1. The molecular formula is C32H47N5O3S. The van der Waals surface area contributed by atoms with Gasteiger partial charge in [0.15, 0.2) is 5.82 Å². The maximum Gasteiger partial charge on any atom is 0.410 e. The van der Waals surface area contributed by atoms with Crippen LogP contribution in [-0.2, 0) is 22.4 Å². The van der Waals surface area contributed by atoms with E-state index in [1.807, 2.05) is 32.1 Å². The summed E-state index contributed by atoms with van der Waals surface area (Å²) in [7, 11) is 0. The van der Waals surface area contributed by atoms with Crippen molar-refractivity contribution in [3.63, 3.8) is 0 Å². The molecule has 0 bridgehead atoms. The summed E-state index contributed by atoms with van der Waals surface area (Å²) in [6.07, 6.45) is 8.12. The van der Waals surface area contributed by atoms with Crippen LogP contribution in [0.3, 0.4) is 0 Å². The number of anilines is 1. The Hall–Kier alpha value is -2.65. The van der Waals surface area contributed by atoms with Crippen molar-refractivity contribution in [3.05, 3.63) is 22.8 Å². The lowest BCUT2D eigenvalue weighted by Crippen LogP contribution is -2.39. The monoisotopic (exact) mass is 581 g/mol. The van der Waals surface area contributed by atoms with Gasteiger partial charge in [0.1, 0.15) is 16.9 Å². The maximum atomic E-state index is 12.6. The van der Waals surface area contributed by atoms with Crippen LogP contribution in [0.5, 0.6) is 0 Å². The minimum atomic E-state index is -0.494. The number of carbonyl (C=O) groups is 1. The summed E-state index contributed by atoms with van der Waals surface area (Å²) in [4.78, 5) is 26.1. The molecule has 0 radical (unpaired) electrons. The Morgan fingerprint density at radius 1 is 1.17 bits per heavy atom. The van der Waals surface area contributed by atoms with Gasteiger partial charge < -0.3 is 24.3 Å². The van der Waals surface area contributed by atoms with E-state index in [1.165, 1.54) is 26.5 Å². The molecular weight excluding hydrogens is 534 g/mol. The molecule has 41 heavy (non-hydrogen) atoms. The molecule has 0 spiro atoms. The van der Waals surface area contributed by atoms with E-state index in [9.17, 15) is 4.79 Å². The van der Waals surface area contributed by atoms with Gasteiger partial charge in [0.25, 0.3) is 0 Å². The number of fused-ring (bicyclic) bond motifs is 3. The molecule has 5 heterocycles. The van der Waals surface area contributed by atoms with Gasteiger partial charge >= 0.3 is 6.09 Å². The number of aryl methyl sites for hydroxylation is 1. The van der Waals surface area contributed by atoms with E-state index in [1.54, 1.807) is 4.90 Å². The van der Waals surface area contributed by atoms with Gasteiger partial charge in [0, 0.05) is 49.7 Å². The van der Waals surface area contributed by atoms with Crippen molar-refractivity contribution in [2.45, 2.75) is 105 Å². The van der Waals surface area contributed by atoms with Crippen molar-refractivity contribution in [3.8, 4) is 0 Å². The lowest BCUT2D eigenvalue weighted by atomic mass is 10.00. The Labute approximate surface area is 248 Å². The molecule has 2 aliphatic rings. The normalized spacial score (nSPS) is 17.3. The molecule has 1 amide bonds. The summed E-state index contributed by atoms with van der Waals surface area (Å²) in [6, 6.07) is 2.24. The van der Waals surface area contributed by atoms with Crippen molar-refractivity contribution >= 4 is 50.1 Å². The summed E-state index contributed by atoms with van der Waals surface area (Å²) in [6.45, 7) is 18.3. The van der Waals surface area contributed by atoms with Crippen molar-refractivity contribution in [2.24, 2.45) is 5.92 Å². The summed E-state index contributed by atoms with van der Waals surface area (Å²) in [5.41, 5.74) is 3.83. The molecule has 0 aliphatic carbocycles. The SMILES string of the molecule is CCCCc1nc2c(NC(C)(C)C)nc3cc(C4=CCN(C(=O)OC(C)(C)C)CC4)sc3c2n1CC1CCOCC1. The second kappa shape index (κ2) is 11.9. The number of thiophene rings is 1. The van der Waals surface area contributed by atoms with E-state index in [-0.39, 0.29) is 11.6 Å². The Kier molecular flexibility index (Phi) is 8.67. The number of ether oxygens (including phenoxy) is 2. The molecule has 3 aromatic heterocycles. The first-order valence-corrected chi connectivity index (χ1v) is 16.1. The molecule has 0 saturated carbocycles. The number of pyridine rings is 1. The molecule has 9 heteroatoms. The second-order valence-corrected chi connectivity index (χ2v) is 14.6. The van der Waals surface area contributed by atoms with Gasteiger partial charge in [0.05, 0.1) is 15.7 Å². The van der Waals surface area contributed by atoms with E-state index in [0.717, 1.165) is 75.1 Å². The minimum absolute atomic E-state index is 0.141. The summed E-state index contributed by atoms with van der Waals surface area (Å²) in [5, 5.41) is 3.67. The molecule has 0 unspecified atom stereocenters. The number of carbonyl (C=O) groups excluding carboxylic acids is 1. The Balaban J connectivity index is 1.57. The van der Waals surface area contributed by atoms with Gasteiger partial charge in [-0.1, -0.05) is 19.4 Å².